The van der Waals surface area contributed by atoms with Crippen molar-refractivity contribution in [1.29, 1.82) is 0 Å². The lowest BCUT2D eigenvalue weighted by Gasteiger charge is -2.32. The number of likely N-dealkylation sites (N-methyl/N-ethyl adjacent to an activating group) is 1. The molecule has 0 amide bonds. The van der Waals surface area contributed by atoms with Gasteiger partial charge >= 0.3 is 0 Å². The fourth-order valence-electron chi connectivity index (χ4n) is 2.84. The molecule has 2 N–H and O–H groups in total. The monoisotopic (exact) mass is 270 g/mol. The second-order valence-electron chi connectivity index (χ2n) is 5.33. The van der Waals surface area contributed by atoms with Gasteiger partial charge in [-0.25, -0.2) is 4.98 Å². The summed E-state index contributed by atoms with van der Waals surface area (Å²) in [6, 6.07) is 11.3. The van der Waals surface area contributed by atoms with Gasteiger partial charge in [0, 0.05) is 24.8 Å². The lowest BCUT2D eigenvalue weighted by Crippen LogP contribution is -2.35. The van der Waals surface area contributed by atoms with Crippen molar-refractivity contribution in [2.24, 2.45) is 5.73 Å². The third kappa shape index (κ3) is 2.43. The molecule has 1 heterocycles. The number of rotatable bonds is 6. The minimum atomic E-state index is 0.186. The molecule has 1 aliphatic carbocycles. The summed E-state index contributed by atoms with van der Waals surface area (Å²) < 4.78 is 2.31. The largest absolute Gasteiger partial charge is 0.362 e. The van der Waals surface area contributed by atoms with Crippen LogP contribution >= 0.6 is 0 Å². The second kappa shape index (κ2) is 5.67. The molecule has 106 valence electrons. The molecule has 0 aliphatic heterocycles. The van der Waals surface area contributed by atoms with Crippen LogP contribution in [-0.2, 0) is 0 Å². The maximum atomic E-state index is 6.08. The van der Waals surface area contributed by atoms with Crippen LogP contribution in [0.2, 0.25) is 0 Å². The molecule has 20 heavy (non-hydrogen) atoms. The van der Waals surface area contributed by atoms with Gasteiger partial charge in [0.25, 0.3) is 0 Å². The predicted molar refractivity (Wildman–Crippen MR) is 81.8 cm³/mol. The van der Waals surface area contributed by atoms with E-state index in [1.807, 2.05) is 18.6 Å². The van der Waals surface area contributed by atoms with Crippen molar-refractivity contribution in [3.05, 3.63) is 48.5 Å². The zero-order valence-electron chi connectivity index (χ0n) is 11.9. The van der Waals surface area contributed by atoms with Crippen LogP contribution in [0.3, 0.4) is 0 Å². The molecular weight excluding hydrogens is 248 g/mol. The standard InChI is InChI=1S/C16H22N4/c1-2-19(13-6-4-3-5-7-13)15(10-17)16-11-18-12-20(16)14-8-9-14/h3-7,11-12,14-15H,2,8-10,17H2,1H3. The molecule has 0 bridgehead atoms. The van der Waals surface area contributed by atoms with Gasteiger partial charge in [-0.15, -0.1) is 0 Å². The quantitative estimate of drug-likeness (QED) is 0.878. The molecule has 4 nitrogen and oxygen atoms in total. The van der Waals surface area contributed by atoms with Crippen molar-refractivity contribution in [1.82, 2.24) is 9.55 Å². The van der Waals surface area contributed by atoms with Gasteiger partial charge in [0.1, 0.15) is 0 Å². The van der Waals surface area contributed by atoms with Gasteiger partial charge < -0.3 is 15.2 Å². The van der Waals surface area contributed by atoms with Crippen LogP contribution < -0.4 is 10.6 Å². The van der Waals surface area contributed by atoms with Crippen LogP contribution in [0.1, 0.15) is 37.5 Å². The van der Waals surface area contributed by atoms with E-state index in [0.29, 0.717) is 12.6 Å². The fourth-order valence-corrected chi connectivity index (χ4v) is 2.84. The molecule has 0 saturated heterocycles. The first-order chi connectivity index (χ1) is 9.85. The number of anilines is 1. The summed E-state index contributed by atoms with van der Waals surface area (Å²) in [5, 5.41) is 0. The van der Waals surface area contributed by atoms with E-state index < -0.39 is 0 Å². The minimum Gasteiger partial charge on any atom is -0.362 e. The van der Waals surface area contributed by atoms with Gasteiger partial charge in [0.05, 0.1) is 24.3 Å². The highest BCUT2D eigenvalue weighted by Crippen LogP contribution is 2.38. The number of nitrogens with zero attached hydrogens (tertiary/aromatic N) is 3. The summed E-state index contributed by atoms with van der Waals surface area (Å²) in [7, 11) is 0. The second-order valence-corrected chi connectivity index (χ2v) is 5.33. The topological polar surface area (TPSA) is 47.1 Å². The molecule has 1 aromatic carbocycles. The average Bonchev–Trinajstić information content (AvgIpc) is 3.23. The maximum Gasteiger partial charge on any atom is 0.0951 e. The Morgan fingerprint density at radius 2 is 2.10 bits per heavy atom. The minimum absolute atomic E-state index is 0.186. The molecule has 4 heteroatoms. The Morgan fingerprint density at radius 1 is 1.35 bits per heavy atom. The van der Waals surface area contributed by atoms with E-state index in [0.717, 1.165) is 6.54 Å². The highest BCUT2D eigenvalue weighted by molar-refractivity contribution is 5.48. The first-order valence-electron chi connectivity index (χ1n) is 7.38. The van der Waals surface area contributed by atoms with Crippen LogP contribution in [0.15, 0.2) is 42.9 Å². The molecule has 1 aromatic heterocycles. The fraction of sp³-hybridized carbons (Fsp3) is 0.438. The normalized spacial score (nSPS) is 16.1. The predicted octanol–water partition coefficient (Wildman–Crippen LogP) is 2.74. The Kier molecular flexibility index (Phi) is 3.74. The smallest absolute Gasteiger partial charge is 0.0951 e. The zero-order valence-corrected chi connectivity index (χ0v) is 11.9. The number of benzene rings is 1. The number of nitrogens with two attached hydrogens (primary N) is 1. The van der Waals surface area contributed by atoms with E-state index in [2.05, 4.69) is 45.6 Å². The Balaban J connectivity index is 1.93. The SMILES string of the molecule is CCN(c1ccccc1)C(CN)c1cncn1C1CC1. The van der Waals surface area contributed by atoms with E-state index in [4.69, 9.17) is 5.73 Å². The van der Waals surface area contributed by atoms with Gasteiger partial charge in [-0.05, 0) is 31.9 Å². The highest BCUT2D eigenvalue weighted by Gasteiger charge is 2.29. The molecule has 3 rings (SSSR count). The van der Waals surface area contributed by atoms with Gasteiger partial charge in [0.15, 0.2) is 0 Å². The van der Waals surface area contributed by atoms with Crippen LogP contribution in [0.4, 0.5) is 5.69 Å². The van der Waals surface area contributed by atoms with Crippen LogP contribution in [-0.4, -0.2) is 22.6 Å². The van der Waals surface area contributed by atoms with E-state index in [1.54, 1.807) is 0 Å². The van der Waals surface area contributed by atoms with Gasteiger partial charge in [0.2, 0.25) is 0 Å². The molecule has 1 aliphatic rings. The number of imidazole rings is 1. The summed E-state index contributed by atoms with van der Waals surface area (Å²) in [6.07, 6.45) is 6.45. The summed E-state index contributed by atoms with van der Waals surface area (Å²) in [6.45, 7) is 3.70. The molecule has 0 radical (unpaired) electrons. The van der Waals surface area contributed by atoms with Crippen molar-refractivity contribution in [2.75, 3.05) is 18.0 Å². The first-order valence-corrected chi connectivity index (χ1v) is 7.38. The van der Waals surface area contributed by atoms with Gasteiger partial charge in [-0.1, -0.05) is 18.2 Å². The Hall–Kier alpha value is -1.81. The van der Waals surface area contributed by atoms with Crippen LogP contribution in [0.25, 0.3) is 0 Å². The number of hydrogen-bond acceptors (Lipinski definition) is 3. The molecule has 1 saturated carbocycles. The number of aromatic nitrogens is 2. The van der Waals surface area contributed by atoms with Crippen LogP contribution in [0, 0.1) is 0 Å². The summed E-state index contributed by atoms with van der Waals surface area (Å²) in [5.41, 5.74) is 8.54. The van der Waals surface area contributed by atoms with Crippen molar-refractivity contribution in [2.45, 2.75) is 31.8 Å². The Morgan fingerprint density at radius 3 is 2.70 bits per heavy atom. The average molecular weight is 270 g/mol. The summed E-state index contributed by atoms with van der Waals surface area (Å²) in [5.74, 6) is 0. The Labute approximate surface area is 120 Å². The lowest BCUT2D eigenvalue weighted by molar-refractivity contribution is 0.575. The van der Waals surface area contributed by atoms with Crippen LogP contribution in [0.5, 0.6) is 0 Å². The third-order valence-electron chi connectivity index (χ3n) is 4.01. The number of para-hydroxylation sites is 1. The lowest BCUT2D eigenvalue weighted by atomic mass is 10.1. The molecule has 1 fully saturated rings. The van der Waals surface area contributed by atoms with E-state index in [-0.39, 0.29) is 6.04 Å². The Bertz CT molecular complexity index is 545. The van der Waals surface area contributed by atoms with E-state index >= 15 is 0 Å². The molecule has 1 unspecified atom stereocenters. The van der Waals surface area contributed by atoms with E-state index in [9.17, 15) is 0 Å². The molecular formula is C16H22N4. The van der Waals surface area contributed by atoms with Crippen molar-refractivity contribution in [3.63, 3.8) is 0 Å². The van der Waals surface area contributed by atoms with Crippen molar-refractivity contribution in [3.8, 4) is 0 Å². The third-order valence-corrected chi connectivity index (χ3v) is 4.01. The first kappa shape index (κ1) is 13.2. The highest BCUT2D eigenvalue weighted by atomic mass is 15.2. The number of hydrogen-bond donors (Lipinski definition) is 1. The summed E-state index contributed by atoms with van der Waals surface area (Å²) in [4.78, 5) is 6.70. The van der Waals surface area contributed by atoms with Gasteiger partial charge in [-0.2, -0.15) is 0 Å². The van der Waals surface area contributed by atoms with Crippen molar-refractivity contribution >= 4 is 5.69 Å². The van der Waals surface area contributed by atoms with E-state index in [1.165, 1.54) is 24.2 Å². The van der Waals surface area contributed by atoms with Gasteiger partial charge in [-0.3, -0.25) is 0 Å². The molecule has 2 aromatic rings. The molecule has 0 spiro atoms. The maximum absolute atomic E-state index is 6.08. The zero-order chi connectivity index (χ0) is 13.9. The molecule has 1 atom stereocenters. The summed E-state index contributed by atoms with van der Waals surface area (Å²) >= 11 is 0. The van der Waals surface area contributed by atoms with Crippen molar-refractivity contribution < 1.29 is 0 Å².